The van der Waals surface area contributed by atoms with E-state index in [0.29, 0.717) is 13.1 Å². The normalized spacial score (nSPS) is 18.3. The third-order valence-corrected chi connectivity index (χ3v) is 8.42. The van der Waals surface area contributed by atoms with Crippen molar-refractivity contribution in [2.24, 2.45) is 17.8 Å². The lowest BCUT2D eigenvalue weighted by molar-refractivity contribution is 0.0410. The lowest BCUT2D eigenvalue weighted by atomic mass is 9.81. The maximum Gasteiger partial charge on any atom is 0.218 e. The minimum absolute atomic E-state index is 0.0417. The van der Waals surface area contributed by atoms with Gasteiger partial charge in [0.05, 0.1) is 5.75 Å². The van der Waals surface area contributed by atoms with Gasteiger partial charge in [0.15, 0.2) is 0 Å². The Kier molecular flexibility index (Phi) is 7.54. The van der Waals surface area contributed by atoms with Crippen molar-refractivity contribution in [3.8, 4) is 0 Å². The van der Waals surface area contributed by atoms with E-state index in [2.05, 4.69) is 43.0 Å². The van der Waals surface area contributed by atoms with Crippen LogP contribution in [0.5, 0.6) is 0 Å². The van der Waals surface area contributed by atoms with Gasteiger partial charge in [0.2, 0.25) is 10.0 Å². The van der Waals surface area contributed by atoms with Crippen molar-refractivity contribution in [2.75, 3.05) is 37.7 Å². The molecule has 2 aromatic rings. The van der Waals surface area contributed by atoms with Crippen molar-refractivity contribution in [3.05, 3.63) is 65.7 Å². The van der Waals surface area contributed by atoms with Crippen LogP contribution < -0.4 is 4.90 Å². The molecule has 2 fully saturated rings. The summed E-state index contributed by atoms with van der Waals surface area (Å²) in [5.74, 6) is 1.89. The highest BCUT2D eigenvalue weighted by Gasteiger charge is 2.34. The first kappa shape index (κ1) is 23.3. The molecule has 2 saturated heterocycles. The third kappa shape index (κ3) is 5.91. The summed E-state index contributed by atoms with van der Waals surface area (Å²) < 4.78 is 33.5. The topological polar surface area (TPSA) is 49.9 Å². The van der Waals surface area contributed by atoms with Crippen LogP contribution in [0.3, 0.4) is 0 Å². The second kappa shape index (κ2) is 10.4. The molecule has 2 aliphatic rings. The maximum atomic E-state index is 13.2. The van der Waals surface area contributed by atoms with E-state index in [4.69, 9.17) is 4.74 Å². The molecule has 0 amide bonds. The molecule has 174 valence electrons. The van der Waals surface area contributed by atoms with E-state index in [1.807, 2.05) is 30.3 Å². The zero-order chi connectivity index (χ0) is 22.6. The summed E-state index contributed by atoms with van der Waals surface area (Å²) in [6, 6.07) is 17.9. The molecule has 0 spiro atoms. The molecule has 2 aliphatic heterocycles. The molecular weight excluding hydrogens is 420 g/mol. The Morgan fingerprint density at radius 3 is 2.22 bits per heavy atom. The van der Waals surface area contributed by atoms with Crippen LogP contribution in [0, 0.1) is 17.8 Å². The number of sulfonamides is 1. The van der Waals surface area contributed by atoms with Gasteiger partial charge in [-0.3, -0.25) is 0 Å². The van der Waals surface area contributed by atoms with Gasteiger partial charge < -0.3 is 9.64 Å². The van der Waals surface area contributed by atoms with Crippen molar-refractivity contribution < 1.29 is 13.2 Å². The summed E-state index contributed by atoms with van der Waals surface area (Å²) in [6.07, 6.45) is 2.39. The Hall–Kier alpha value is -1.89. The minimum atomic E-state index is -3.40. The molecule has 2 aromatic carbocycles. The lowest BCUT2D eigenvalue weighted by Gasteiger charge is -2.46. The first-order chi connectivity index (χ1) is 15.4. The first-order valence-corrected chi connectivity index (χ1v) is 13.4. The molecule has 32 heavy (non-hydrogen) atoms. The van der Waals surface area contributed by atoms with Crippen LogP contribution in [0.15, 0.2) is 54.6 Å². The first-order valence-electron chi connectivity index (χ1n) is 11.8. The molecule has 5 nitrogen and oxygen atoms in total. The number of nitrogens with zero attached hydrogens (tertiary/aromatic N) is 2. The van der Waals surface area contributed by atoms with E-state index in [9.17, 15) is 8.42 Å². The van der Waals surface area contributed by atoms with Gasteiger partial charge in [0.1, 0.15) is 0 Å². The SMILES string of the molecule is CC(C)CN(Cc1ccc(N2CC(C3CCOCC3)C2)cc1)S(=O)(=O)Cc1ccccc1. The summed E-state index contributed by atoms with van der Waals surface area (Å²) in [5.41, 5.74) is 3.10. The predicted octanol–water partition coefficient (Wildman–Crippen LogP) is 4.54. The highest BCUT2D eigenvalue weighted by molar-refractivity contribution is 7.88. The number of anilines is 1. The summed E-state index contributed by atoms with van der Waals surface area (Å²) in [6.45, 7) is 9.13. The molecule has 6 heteroatoms. The third-order valence-electron chi connectivity index (χ3n) is 6.66. The standard InChI is InChI=1S/C26H36N2O3S/c1-21(2)16-28(32(29,30)20-23-6-4-3-5-7-23)17-22-8-10-26(11-9-22)27-18-25(19-27)24-12-14-31-15-13-24/h3-11,21,24-25H,12-20H2,1-2H3. The van der Waals surface area contributed by atoms with Gasteiger partial charge >= 0.3 is 0 Å². The van der Waals surface area contributed by atoms with Crippen molar-refractivity contribution in [1.82, 2.24) is 4.31 Å². The van der Waals surface area contributed by atoms with Gasteiger partial charge in [-0.15, -0.1) is 0 Å². The molecule has 4 rings (SSSR count). The lowest BCUT2D eigenvalue weighted by Crippen LogP contribution is -2.51. The predicted molar refractivity (Wildman–Crippen MR) is 130 cm³/mol. The van der Waals surface area contributed by atoms with Crippen LogP contribution in [0.1, 0.15) is 37.8 Å². The van der Waals surface area contributed by atoms with E-state index in [0.717, 1.165) is 49.3 Å². The van der Waals surface area contributed by atoms with Gasteiger partial charge in [-0.05, 0) is 53.9 Å². The quantitative estimate of drug-likeness (QED) is 0.556. The van der Waals surface area contributed by atoms with Crippen molar-refractivity contribution in [2.45, 2.75) is 39.0 Å². The average molecular weight is 457 g/mol. The Balaban J connectivity index is 1.37. The van der Waals surface area contributed by atoms with E-state index in [1.54, 1.807) is 4.31 Å². The van der Waals surface area contributed by atoms with Gasteiger partial charge in [-0.25, -0.2) is 8.42 Å². The monoisotopic (exact) mass is 456 g/mol. The summed E-state index contributed by atoms with van der Waals surface area (Å²) in [4.78, 5) is 2.43. The highest BCUT2D eigenvalue weighted by Crippen LogP contribution is 2.34. The molecule has 2 heterocycles. The van der Waals surface area contributed by atoms with E-state index in [1.165, 1.54) is 18.5 Å². The van der Waals surface area contributed by atoms with Gasteiger partial charge in [0, 0.05) is 45.1 Å². The second-order valence-corrected chi connectivity index (χ2v) is 11.7. The minimum Gasteiger partial charge on any atom is -0.381 e. The highest BCUT2D eigenvalue weighted by atomic mass is 32.2. The number of ether oxygens (including phenoxy) is 1. The average Bonchev–Trinajstić information content (AvgIpc) is 2.74. The molecule has 0 aliphatic carbocycles. The van der Waals surface area contributed by atoms with E-state index < -0.39 is 10.0 Å². The number of benzene rings is 2. The van der Waals surface area contributed by atoms with Gasteiger partial charge in [-0.2, -0.15) is 4.31 Å². The van der Waals surface area contributed by atoms with E-state index >= 15 is 0 Å². The Morgan fingerprint density at radius 2 is 1.59 bits per heavy atom. The zero-order valence-electron chi connectivity index (χ0n) is 19.3. The molecule has 0 unspecified atom stereocenters. The van der Waals surface area contributed by atoms with Crippen molar-refractivity contribution in [3.63, 3.8) is 0 Å². The molecule has 0 radical (unpaired) electrons. The molecule has 0 saturated carbocycles. The second-order valence-electron chi connectivity index (χ2n) is 9.71. The van der Waals surface area contributed by atoms with Crippen LogP contribution in [0.4, 0.5) is 5.69 Å². The van der Waals surface area contributed by atoms with Gasteiger partial charge in [0.25, 0.3) is 0 Å². The molecule has 0 aromatic heterocycles. The van der Waals surface area contributed by atoms with Crippen LogP contribution in [0.2, 0.25) is 0 Å². The molecule has 0 bridgehead atoms. The van der Waals surface area contributed by atoms with Gasteiger partial charge in [-0.1, -0.05) is 56.3 Å². The van der Waals surface area contributed by atoms with Crippen LogP contribution in [0.25, 0.3) is 0 Å². The molecule has 0 N–H and O–H groups in total. The Bertz CT molecular complexity index is 948. The zero-order valence-corrected chi connectivity index (χ0v) is 20.1. The number of hydrogen-bond acceptors (Lipinski definition) is 4. The fourth-order valence-electron chi connectivity index (χ4n) is 4.78. The summed E-state index contributed by atoms with van der Waals surface area (Å²) >= 11 is 0. The van der Waals surface area contributed by atoms with Crippen LogP contribution in [-0.2, 0) is 27.1 Å². The fourth-order valence-corrected chi connectivity index (χ4v) is 6.45. The number of rotatable bonds is 9. The van der Waals surface area contributed by atoms with Crippen LogP contribution in [-0.4, -0.2) is 45.6 Å². The van der Waals surface area contributed by atoms with Crippen LogP contribution >= 0.6 is 0 Å². The molecular formula is C26H36N2O3S. The summed E-state index contributed by atoms with van der Waals surface area (Å²) in [7, 11) is -3.40. The maximum absolute atomic E-state index is 13.2. The number of hydrogen-bond donors (Lipinski definition) is 0. The van der Waals surface area contributed by atoms with Crippen molar-refractivity contribution in [1.29, 1.82) is 0 Å². The fraction of sp³-hybridized carbons (Fsp3) is 0.538. The Morgan fingerprint density at radius 1 is 0.938 bits per heavy atom. The molecule has 0 atom stereocenters. The summed E-state index contributed by atoms with van der Waals surface area (Å²) in [5, 5.41) is 0. The van der Waals surface area contributed by atoms with E-state index in [-0.39, 0.29) is 11.7 Å². The largest absolute Gasteiger partial charge is 0.381 e. The Labute approximate surface area is 193 Å². The van der Waals surface area contributed by atoms with Crippen molar-refractivity contribution >= 4 is 15.7 Å². The smallest absolute Gasteiger partial charge is 0.218 e.